The van der Waals surface area contributed by atoms with Gasteiger partial charge >= 0.3 is 0 Å². The zero-order valence-electron chi connectivity index (χ0n) is 9.23. The van der Waals surface area contributed by atoms with E-state index in [1.54, 1.807) is 12.4 Å². The van der Waals surface area contributed by atoms with Gasteiger partial charge in [-0.3, -0.25) is 9.89 Å². The van der Waals surface area contributed by atoms with Crippen LogP contribution in [0, 0.1) is 5.92 Å². The van der Waals surface area contributed by atoms with E-state index < -0.39 is 0 Å². The van der Waals surface area contributed by atoms with E-state index in [-0.39, 0.29) is 5.91 Å². The number of rotatable bonds is 4. The van der Waals surface area contributed by atoms with Gasteiger partial charge in [0.15, 0.2) is 0 Å². The highest BCUT2D eigenvalue weighted by molar-refractivity contribution is 5.94. The molecule has 1 aliphatic carbocycles. The van der Waals surface area contributed by atoms with Crippen LogP contribution >= 0.6 is 0 Å². The normalized spacial score (nSPS) is 15.7. The molecule has 1 aliphatic rings. The molecule has 0 aliphatic heterocycles. The van der Waals surface area contributed by atoms with Crippen molar-refractivity contribution in [3.63, 3.8) is 0 Å². The van der Waals surface area contributed by atoms with Gasteiger partial charge in [-0.1, -0.05) is 13.8 Å². The van der Waals surface area contributed by atoms with Crippen molar-refractivity contribution in [1.82, 2.24) is 15.1 Å². The highest BCUT2D eigenvalue weighted by Gasteiger charge is 2.33. The van der Waals surface area contributed by atoms with Crippen LogP contribution in [0.1, 0.15) is 37.0 Å². The topological polar surface area (TPSA) is 49.0 Å². The smallest absolute Gasteiger partial charge is 0.257 e. The molecule has 0 unspecified atom stereocenters. The molecule has 15 heavy (non-hydrogen) atoms. The minimum atomic E-state index is 0.111. The standard InChI is InChI=1S/C11H17N3O/c1-8(2)7-14(10-3-4-10)11(15)9-5-12-13-6-9/h5-6,8,10H,3-4,7H2,1-2H3,(H,12,13). The summed E-state index contributed by atoms with van der Waals surface area (Å²) >= 11 is 0. The number of hydrogen-bond acceptors (Lipinski definition) is 2. The van der Waals surface area contributed by atoms with Crippen LogP contribution in [0.2, 0.25) is 0 Å². The second-order valence-electron chi connectivity index (χ2n) is 4.57. The van der Waals surface area contributed by atoms with Gasteiger partial charge in [0.2, 0.25) is 0 Å². The molecule has 0 saturated heterocycles. The van der Waals surface area contributed by atoms with Crippen molar-refractivity contribution in [3.05, 3.63) is 18.0 Å². The van der Waals surface area contributed by atoms with E-state index in [1.807, 2.05) is 4.90 Å². The predicted molar refractivity (Wildman–Crippen MR) is 57.5 cm³/mol. The van der Waals surface area contributed by atoms with Crippen molar-refractivity contribution in [2.24, 2.45) is 5.92 Å². The molecule has 82 valence electrons. The lowest BCUT2D eigenvalue weighted by Gasteiger charge is -2.23. The Morgan fingerprint density at radius 3 is 2.87 bits per heavy atom. The zero-order chi connectivity index (χ0) is 10.8. The second-order valence-corrected chi connectivity index (χ2v) is 4.57. The Hall–Kier alpha value is -1.32. The minimum Gasteiger partial charge on any atom is -0.335 e. The molecular formula is C11H17N3O. The lowest BCUT2D eigenvalue weighted by Crippen LogP contribution is -2.35. The first-order valence-electron chi connectivity index (χ1n) is 5.48. The third kappa shape index (κ3) is 2.37. The van der Waals surface area contributed by atoms with E-state index in [0.717, 1.165) is 19.4 Å². The molecular weight excluding hydrogens is 190 g/mol. The lowest BCUT2D eigenvalue weighted by molar-refractivity contribution is 0.0722. The minimum absolute atomic E-state index is 0.111. The Labute approximate surface area is 89.7 Å². The number of aromatic amines is 1. The van der Waals surface area contributed by atoms with Crippen molar-refractivity contribution >= 4 is 5.91 Å². The Kier molecular flexibility index (Phi) is 2.75. The van der Waals surface area contributed by atoms with Crippen LogP contribution in [0.15, 0.2) is 12.4 Å². The summed E-state index contributed by atoms with van der Waals surface area (Å²) in [5, 5.41) is 6.49. The molecule has 0 aromatic carbocycles. The molecule has 1 amide bonds. The third-order valence-corrected chi connectivity index (χ3v) is 2.56. The molecule has 0 atom stereocenters. The molecule has 1 heterocycles. The maximum Gasteiger partial charge on any atom is 0.257 e. The summed E-state index contributed by atoms with van der Waals surface area (Å²) in [4.78, 5) is 14.1. The van der Waals surface area contributed by atoms with Crippen LogP contribution in [0.4, 0.5) is 0 Å². The molecule has 0 radical (unpaired) electrons. The molecule has 1 fully saturated rings. The molecule has 1 aromatic rings. The number of aromatic nitrogens is 2. The highest BCUT2D eigenvalue weighted by Crippen LogP contribution is 2.28. The van der Waals surface area contributed by atoms with E-state index in [1.165, 1.54) is 0 Å². The summed E-state index contributed by atoms with van der Waals surface area (Å²) in [5.74, 6) is 0.626. The molecule has 2 rings (SSSR count). The van der Waals surface area contributed by atoms with Gasteiger partial charge in [-0.15, -0.1) is 0 Å². The molecule has 4 heteroatoms. The Morgan fingerprint density at radius 1 is 1.67 bits per heavy atom. The van der Waals surface area contributed by atoms with Crippen molar-refractivity contribution in [1.29, 1.82) is 0 Å². The van der Waals surface area contributed by atoms with Gasteiger partial charge in [0.1, 0.15) is 0 Å². The van der Waals surface area contributed by atoms with Crippen LogP contribution in [0.3, 0.4) is 0 Å². The number of nitrogens with zero attached hydrogens (tertiary/aromatic N) is 2. The number of carbonyl (C=O) groups is 1. The fourth-order valence-corrected chi connectivity index (χ4v) is 1.71. The van der Waals surface area contributed by atoms with Crippen LogP contribution in [-0.2, 0) is 0 Å². The van der Waals surface area contributed by atoms with Gasteiger partial charge in [0, 0.05) is 18.8 Å². The van der Waals surface area contributed by atoms with Crippen LogP contribution < -0.4 is 0 Å². The van der Waals surface area contributed by atoms with Crippen LogP contribution in [-0.4, -0.2) is 33.6 Å². The van der Waals surface area contributed by atoms with Crippen molar-refractivity contribution in [2.45, 2.75) is 32.7 Å². The molecule has 1 aromatic heterocycles. The van der Waals surface area contributed by atoms with Gasteiger partial charge in [-0.05, 0) is 18.8 Å². The van der Waals surface area contributed by atoms with Gasteiger partial charge in [0.05, 0.1) is 11.8 Å². The van der Waals surface area contributed by atoms with Crippen LogP contribution in [0.25, 0.3) is 0 Å². The Bertz CT molecular complexity index is 328. The second kappa shape index (κ2) is 4.04. The first-order chi connectivity index (χ1) is 7.18. The third-order valence-electron chi connectivity index (χ3n) is 2.56. The van der Waals surface area contributed by atoms with E-state index in [9.17, 15) is 4.79 Å². The lowest BCUT2D eigenvalue weighted by atomic mass is 10.2. The van der Waals surface area contributed by atoms with E-state index >= 15 is 0 Å². The number of nitrogens with one attached hydrogen (secondary N) is 1. The highest BCUT2D eigenvalue weighted by atomic mass is 16.2. The van der Waals surface area contributed by atoms with Gasteiger partial charge in [0.25, 0.3) is 5.91 Å². The first-order valence-corrected chi connectivity index (χ1v) is 5.48. The summed E-state index contributed by atoms with van der Waals surface area (Å²) in [7, 11) is 0. The molecule has 0 bridgehead atoms. The van der Waals surface area contributed by atoms with Crippen molar-refractivity contribution in [2.75, 3.05) is 6.54 Å². The summed E-state index contributed by atoms with van der Waals surface area (Å²) in [6.45, 7) is 5.12. The summed E-state index contributed by atoms with van der Waals surface area (Å²) < 4.78 is 0. The van der Waals surface area contributed by atoms with Crippen molar-refractivity contribution in [3.8, 4) is 0 Å². The predicted octanol–water partition coefficient (Wildman–Crippen LogP) is 1.67. The van der Waals surface area contributed by atoms with Crippen LogP contribution in [0.5, 0.6) is 0 Å². The van der Waals surface area contributed by atoms with Gasteiger partial charge in [-0.25, -0.2) is 0 Å². The van der Waals surface area contributed by atoms with Crippen molar-refractivity contribution < 1.29 is 4.79 Å². The Balaban J connectivity index is 2.07. The van der Waals surface area contributed by atoms with E-state index in [2.05, 4.69) is 24.0 Å². The number of hydrogen-bond donors (Lipinski definition) is 1. The first kappa shape index (κ1) is 10.2. The summed E-state index contributed by atoms with van der Waals surface area (Å²) in [6.07, 6.45) is 5.56. The number of H-pyrrole nitrogens is 1. The summed E-state index contributed by atoms with van der Waals surface area (Å²) in [5.41, 5.74) is 0.669. The van der Waals surface area contributed by atoms with Gasteiger partial charge < -0.3 is 4.90 Å². The fourth-order valence-electron chi connectivity index (χ4n) is 1.71. The largest absolute Gasteiger partial charge is 0.335 e. The average Bonchev–Trinajstić information content (AvgIpc) is 2.88. The molecule has 1 N–H and O–H groups in total. The maximum atomic E-state index is 12.1. The fraction of sp³-hybridized carbons (Fsp3) is 0.636. The number of carbonyl (C=O) groups excluding carboxylic acids is 1. The maximum absolute atomic E-state index is 12.1. The Morgan fingerprint density at radius 2 is 2.40 bits per heavy atom. The van der Waals surface area contributed by atoms with E-state index in [0.29, 0.717) is 17.5 Å². The molecule has 4 nitrogen and oxygen atoms in total. The average molecular weight is 207 g/mol. The van der Waals surface area contributed by atoms with Gasteiger partial charge in [-0.2, -0.15) is 5.10 Å². The SMILES string of the molecule is CC(C)CN(C(=O)c1cn[nH]c1)C1CC1. The molecule has 0 spiro atoms. The zero-order valence-corrected chi connectivity index (χ0v) is 9.23. The van der Waals surface area contributed by atoms with E-state index in [4.69, 9.17) is 0 Å². The number of amides is 1. The summed E-state index contributed by atoms with van der Waals surface area (Å²) in [6, 6.07) is 0.467. The molecule has 1 saturated carbocycles. The quantitative estimate of drug-likeness (QED) is 0.816. The monoisotopic (exact) mass is 207 g/mol.